The zero-order valence-electron chi connectivity index (χ0n) is 19.5. The average molecular weight is 546 g/mol. The van der Waals surface area contributed by atoms with Gasteiger partial charge in [0.25, 0.3) is 0 Å². The highest BCUT2D eigenvalue weighted by molar-refractivity contribution is 14.0. The van der Waals surface area contributed by atoms with Gasteiger partial charge in [-0.15, -0.1) is 24.0 Å². The molecule has 8 heteroatoms. The van der Waals surface area contributed by atoms with Crippen molar-refractivity contribution in [3.05, 3.63) is 18.2 Å². The number of methoxy groups -OCH3 is 2. The van der Waals surface area contributed by atoms with E-state index in [4.69, 9.17) is 14.5 Å². The Morgan fingerprint density at radius 2 is 1.74 bits per heavy atom. The van der Waals surface area contributed by atoms with E-state index in [0.29, 0.717) is 12.0 Å². The van der Waals surface area contributed by atoms with Gasteiger partial charge in [-0.05, 0) is 52.1 Å². The lowest BCUT2D eigenvalue weighted by molar-refractivity contribution is 0.214. The van der Waals surface area contributed by atoms with Crippen molar-refractivity contribution in [1.82, 2.24) is 15.5 Å². The van der Waals surface area contributed by atoms with E-state index in [2.05, 4.69) is 46.5 Å². The third kappa shape index (κ3) is 7.89. The predicted molar refractivity (Wildman–Crippen MR) is 140 cm³/mol. The number of nitrogens with one attached hydrogen (secondary N) is 2. The molecule has 0 bridgehead atoms. The molecule has 0 amide bonds. The smallest absolute Gasteiger partial charge is 0.191 e. The molecule has 31 heavy (non-hydrogen) atoms. The second-order valence-electron chi connectivity index (χ2n) is 8.47. The molecule has 2 heterocycles. The molecule has 3 rings (SSSR count). The molecule has 0 aliphatic carbocycles. The SMILES string of the molecule is CCNC(=NCC1CCCN(C)C1)NC1CCN(c2cc(OC)cc(OC)c2)CC1.I. The molecule has 1 aromatic carbocycles. The minimum Gasteiger partial charge on any atom is -0.497 e. The Balaban J connectivity index is 0.00000341. The molecule has 1 aromatic rings. The van der Waals surface area contributed by atoms with Crippen molar-refractivity contribution in [3.63, 3.8) is 0 Å². The number of hydrogen-bond donors (Lipinski definition) is 2. The summed E-state index contributed by atoms with van der Waals surface area (Å²) >= 11 is 0. The topological polar surface area (TPSA) is 61.4 Å². The van der Waals surface area contributed by atoms with Crippen molar-refractivity contribution in [2.45, 2.75) is 38.6 Å². The minimum atomic E-state index is 0. The monoisotopic (exact) mass is 545 g/mol. The summed E-state index contributed by atoms with van der Waals surface area (Å²) in [7, 11) is 5.61. The first kappa shape index (κ1) is 25.8. The van der Waals surface area contributed by atoms with Crippen LogP contribution in [0.5, 0.6) is 11.5 Å². The highest BCUT2D eigenvalue weighted by Crippen LogP contribution is 2.30. The van der Waals surface area contributed by atoms with E-state index in [1.165, 1.54) is 19.4 Å². The first-order valence-corrected chi connectivity index (χ1v) is 11.3. The summed E-state index contributed by atoms with van der Waals surface area (Å²) in [5, 5.41) is 7.11. The molecule has 0 aromatic heterocycles. The second kappa shape index (κ2) is 13.2. The molecule has 0 saturated carbocycles. The minimum absolute atomic E-state index is 0. The Bertz CT molecular complexity index is 672. The molecule has 0 radical (unpaired) electrons. The van der Waals surface area contributed by atoms with Crippen LogP contribution in [-0.2, 0) is 0 Å². The van der Waals surface area contributed by atoms with Gasteiger partial charge in [0, 0.05) is 62.7 Å². The molecule has 2 N–H and O–H groups in total. The van der Waals surface area contributed by atoms with Crippen LogP contribution in [0.15, 0.2) is 23.2 Å². The largest absolute Gasteiger partial charge is 0.497 e. The summed E-state index contributed by atoms with van der Waals surface area (Å²) in [5.74, 6) is 3.30. The standard InChI is InChI=1S/C23H39N5O2.HI/c1-5-24-23(25-16-18-7-6-10-27(2)17-18)26-19-8-11-28(12-9-19)20-13-21(29-3)15-22(14-20)30-4;/h13-15,18-19H,5-12,16-17H2,1-4H3,(H2,24,25,26);1H. The quantitative estimate of drug-likeness (QED) is 0.312. The highest BCUT2D eigenvalue weighted by Gasteiger charge is 2.22. The molecule has 1 atom stereocenters. The van der Waals surface area contributed by atoms with Gasteiger partial charge in [-0.3, -0.25) is 4.99 Å². The lowest BCUT2D eigenvalue weighted by Gasteiger charge is -2.35. The zero-order chi connectivity index (χ0) is 21.3. The van der Waals surface area contributed by atoms with E-state index < -0.39 is 0 Å². The third-order valence-electron chi connectivity index (χ3n) is 6.11. The van der Waals surface area contributed by atoms with Crippen molar-refractivity contribution >= 4 is 35.6 Å². The van der Waals surface area contributed by atoms with Gasteiger partial charge < -0.3 is 29.9 Å². The molecule has 176 valence electrons. The number of likely N-dealkylation sites (tertiary alicyclic amines) is 1. The fourth-order valence-electron chi connectivity index (χ4n) is 4.41. The van der Waals surface area contributed by atoms with Gasteiger partial charge in [0.2, 0.25) is 0 Å². The molecule has 1 unspecified atom stereocenters. The number of ether oxygens (including phenoxy) is 2. The van der Waals surface area contributed by atoms with Crippen LogP contribution in [0.4, 0.5) is 5.69 Å². The van der Waals surface area contributed by atoms with Gasteiger partial charge >= 0.3 is 0 Å². The van der Waals surface area contributed by atoms with Crippen LogP contribution in [-0.4, -0.2) is 77.4 Å². The van der Waals surface area contributed by atoms with Crippen molar-refractivity contribution < 1.29 is 9.47 Å². The summed E-state index contributed by atoms with van der Waals surface area (Å²) in [6, 6.07) is 6.54. The van der Waals surface area contributed by atoms with Crippen LogP contribution in [0.25, 0.3) is 0 Å². The first-order valence-electron chi connectivity index (χ1n) is 11.3. The Morgan fingerprint density at radius 3 is 2.32 bits per heavy atom. The summed E-state index contributed by atoms with van der Waals surface area (Å²) in [4.78, 5) is 9.74. The van der Waals surface area contributed by atoms with Gasteiger partial charge in [-0.25, -0.2) is 0 Å². The number of rotatable bonds is 7. The van der Waals surface area contributed by atoms with E-state index in [1.807, 2.05) is 6.07 Å². The summed E-state index contributed by atoms with van der Waals surface area (Å²) in [6.45, 7) is 8.30. The Hall–Kier alpha value is -1.42. The van der Waals surface area contributed by atoms with Gasteiger partial charge in [0.05, 0.1) is 14.2 Å². The maximum absolute atomic E-state index is 5.43. The Morgan fingerprint density at radius 1 is 1.06 bits per heavy atom. The highest BCUT2D eigenvalue weighted by atomic mass is 127. The van der Waals surface area contributed by atoms with Gasteiger partial charge in [-0.1, -0.05) is 0 Å². The van der Waals surface area contributed by atoms with Crippen molar-refractivity contribution in [1.29, 1.82) is 0 Å². The fraction of sp³-hybridized carbons (Fsp3) is 0.696. The fourth-order valence-corrected chi connectivity index (χ4v) is 4.41. The average Bonchev–Trinajstić information content (AvgIpc) is 2.77. The Kier molecular flexibility index (Phi) is 11.0. The van der Waals surface area contributed by atoms with Crippen molar-refractivity contribution in [2.24, 2.45) is 10.9 Å². The molecule has 7 nitrogen and oxygen atoms in total. The van der Waals surface area contributed by atoms with Crippen LogP contribution in [0.3, 0.4) is 0 Å². The van der Waals surface area contributed by atoms with Crippen LogP contribution >= 0.6 is 24.0 Å². The van der Waals surface area contributed by atoms with Crippen LogP contribution < -0.4 is 25.0 Å². The molecular weight excluding hydrogens is 505 g/mol. The van der Waals surface area contributed by atoms with Crippen molar-refractivity contribution in [3.8, 4) is 11.5 Å². The van der Waals surface area contributed by atoms with E-state index in [9.17, 15) is 0 Å². The number of guanidine groups is 1. The number of halogens is 1. The van der Waals surface area contributed by atoms with Crippen LogP contribution in [0.1, 0.15) is 32.6 Å². The van der Waals surface area contributed by atoms with Crippen LogP contribution in [0, 0.1) is 5.92 Å². The molecule has 2 aliphatic heterocycles. The maximum Gasteiger partial charge on any atom is 0.191 e. The summed E-state index contributed by atoms with van der Waals surface area (Å²) in [6.07, 6.45) is 4.73. The number of nitrogens with zero attached hydrogens (tertiary/aromatic N) is 3. The number of anilines is 1. The molecule has 2 aliphatic rings. The van der Waals surface area contributed by atoms with Crippen molar-refractivity contribution in [2.75, 3.05) is 65.4 Å². The molecule has 0 spiro atoms. The van der Waals surface area contributed by atoms with E-state index in [-0.39, 0.29) is 24.0 Å². The van der Waals surface area contributed by atoms with Gasteiger partial charge in [-0.2, -0.15) is 0 Å². The zero-order valence-corrected chi connectivity index (χ0v) is 21.9. The van der Waals surface area contributed by atoms with E-state index in [1.54, 1.807) is 14.2 Å². The normalized spacial score (nSPS) is 20.7. The summed E-state index contributed by atoms with van der Waals surface area (Å²) < 4.78 is 10.9. The van der Waals surface area contributed by atoms with Gasteiger partial charge in [0.15, 0.2) is 5.96 Å². The number of hydrogen-bond acceptors (Lipinski definition) is 5. The van der Waals surface area contributed by atoms with E-state index in [0.717, 1.165) is 68.7 Å². The first-order chi connectivity index (χ1) is 14.6. The molecular formula is C23H40IN5O2. The molecule has 2 fully saturated rings. The number of aliphatic imine (C=N–C) groups is 1. The second-order valence-corrected chi connectivity index (χ2v) is 8.47. The lowest BCUT2D eigenvalue weighted by Crippen LogP contribution is -2.49. The van der Waals surface area contributed by atoms with Crippen LogP contribution in [0.2, 0.25) is 0 Å². The maximum atomic E-state index is 5.43. The number of piperidine rings is 2. The predicted octanol–water partition coefficient (Wildman–Crippen LogP) is 3.19. The number of benzene rings is 1. The third-order valence-corrected chi connectivity index (χ3v) is 6.11. The lowest BCUT2D eigenvalue weighted by atomic mass is 9.99. The Labute approximate surface area is 205 Å². The molecule has 2 saturated heterocycles. The van der Waals surface area contributed by atoms with Gasteiger partial charge in [0.1, 0.15) is 11.5 Å². The summed E-state index contributed by atoms with van der Waals surface area (Å²) in [5.41, 5.74) is 1.16. The van der Waals surface area contributed by atoms with E-state index >= 15 is 0 Å².